The quantitative estimate of drug-likeness (QED) is 0.732. The molecule has 1 saturated heterocycles. The monoisotopic (exact) mass is 234 g/mol. The summed E-state index contributed by atoms with van der Waals surface area (Å²) in [6.07, 6.45) is 2.99. The van der Waals surface area contributed by atoms with Crippen LogP contribution in [0.1, 0.15) is 19.8 Å². The van der Waals surface area contributed by atoms with Gasteiger partial charge in [-0.2, -0.15) is 0 Å². The minimum atomic E-state index is -3.03. The maximum absolute atomic E-state index is 11.2. The van der Waals surface area contributed by atoms with Crippen LogP contribution in [0.2, 0.25) is 0 Å². The fraction of sp³-hybridized carbons (Fsp3) is 0.889. The third-order valence-electron chi connectivity index (χ3n) is 2.64. The summed E-state index contributed by atoms with van der Waals surface area (Å²) in [4.78, 5) is 10.6. The van der Waals surface area contributed by atoms with E-state index in [1.54, 1.807) is 0 Å². The normalized spacial score (nSPS) is 22.9. The molecule has 0 aliphatic carbocycles. The number of carbonyl (C=O) groups excluding carboxylic acids is 1. The molecule has 0 aromatic rings. The number of hydrogen-bond donors (Lipinski definition) is 1. The average Bonchev–Trinajstić information content (AvgIpc) is 2.51. The molecule has 1 aliphatic rings. The molecular weight excluding hydrogens is 216 g/mol. The molecule has 6 heteroatoms. The lowest BCUT2D eigenvalue weighted by Gasteiger charge is -2.13. The molecule has 1 aliphatic heterocycles. The van der Waals surface area contributed by atoms with Gasteiger partial charge in [-0.25, -0.2) is 12.7 Å². The lowest BCUT2D eigenvalue weighted by atomic mass is 10.1. The summed E-state index contributed by atoms with van der Waals surface area (Å²) in [5.41, 5.74) is 0. The molecule has 1 fully saturated rings. The van der Waals surface area contributed by atoms with Gasteiger partial charge in [0, 0.05) is 26.6 Å². The largest absolute Gasteiger partial charge is 0.356 e. The molecular formula is C9H18N2O3S. The van der Waals surface area contributed by atoms with Crippen molar-refractivity contribution >= 4 is 15.9 Å². The van der Waals surface area contributed by atoms with Gasteiger partial charge >= 0.3 is 0 Å². The van der Waals surface area contributed by atoms with Gasteiger partial charge in [0.15, 0.2) is 0 Å². The van der Waals surface area contributed by atoms with Crippen molar-refractivity contribution in [1.29, 1.82) is 0 Å². The van der Waals surface area contributed by atoms with Gasteiger partial charge in [-0.15, -0.1) is 0 Å². The van der Waals surface area contributed by atoms with Crippen molar-refractivity contribution in [3.8, 4) is 0 Å². The summed E-state index contributed by atoms with van der Waals surface area (Å²) in [7, 11) is -3.03. The van der Waals surface area contributed by atoms with E-state index in [4.69, 9.17) is 0 Å². The van der Waals surface area contributed by atoms with Crippen LogP contribution < -0.4 is 5.32 Å². The van der Waals surface area contributed by atoms with Crippen LogP contribution in [0.25, 0.3) is 0 Å². The van der Waals surface area contributed by atoms with Crippen molar-refractivity contribution in [3.05, 3.63) is 0 Å². The van der Waals surface area contributed by atoms with Crippen LogP contribution in [-0.4, -0.2) is 44.5 Å². The second-order valence-corrected chi connectivity index (χ2v) is 6.03. The fourth-order valence-electron chi connectivity index (χ4n) is 1.79. The van der Waals surface area contributed by atoms with Crippen LogP contribution in [0, 0.1) is 5.92 Å². The number of carbonyl (C=O) groups is 1. The van der Waals surface area contributed by atoms with Gasteiger partial charge in [0.2, 0.25) is 15.9 Å². The van der Waals surface area contributed by atoms with Crippen LogP contribution >= 0.6 is 0 Å². The van der Waals surface area contributed by atoms with Crippen molar-refractivity contribution in [2.45, 2.75) is 19.8 Å². The Morgan fingerprint density at radius 2 is 2.20 bits per heavy atom. The number of rotatable bonds is 4. The van der Waals surface area contributed by atoms with Gasteiger partial charge in [0.25, 0.3) is 0 Å². The first-order valence-electron chi connectivity index (χ1n) is 5.09. The molecule has 0 aromatic heterocycles. The zero-order valence-electron chi connectivity index (χ0n) is 9.19. The molecule has 1 N–H and O–H groups in total. The summed E-state index contributed by atoms with van der Waals surface area (Å²) in [6, 6.07) is 0. The Hall–Kier alpha value is -0.620. The number of nitrogens with zero attached hydrogens (tertiary/aromatic N) is 1. The highest BCUT2D eigenvalue weighted by molar-refractivity contribution is 7.88. The standard InChI is InChI=1S/C9H18N2O3S/c1-8(12)10-5-3-9-4-6-11(7-9)15(2,13)14/h9H,3-7H2,1-2H3,(H,10,12). The maximum Gasteiger partial charge on any atom is 0.216 e. The van der Waals surface area contributed by atoms with E-state index < -0.39 is 10.0 Å². The first kappa shape index (κ1) is 12.4. The van der Waals surface area contributed by atoms with Crippen LogP contribution in [0.15, 0.2) is 0 Å². The molecule has 0 spiro atoms. The first-order valence-corrected chi connectivity index (χ1v) is 6.94. The summed E-state index contributed by atoms with van der Waals surface area (Å²) in [6.45, 7) is 3.33. The minimum Gasteiger partial charge on any atom is -0.356 e. The molecule has 15 heavy (non-hydrogen) atoms. The summed E-state index contributed by atoms with van der Waals surface area (Å²) < 4.78 is 23.9. The topological polar surface area (TPSA) is 66.5 Å². The fourth-order valence-corrected chi connectivity index (χ4v) is 2.70. The van der Waals surface area contributed by atoms with Crippen molar-refractivity contribution in [1.82, 2.24) is 9.62 Å². The molecule has 0 aromatic carbocycles. The Bertz CT molecular complexity index is 326. The molecule has 1 heterocycles. The van der Waals surface area contributed by atoms with E-state index in [2.05, 4.69) is 5.32 Å². The third kappa shape index (κ3) is 4.17. The van der Waals surface area contributed by atoms with E-state index in [9.17, 15) is 13.2 Å². The zero-order valence-corrected chi connectivity index (χ0v) is 10.0. The highest BCUT2D eigenvalue weighted by Crippen LogP contribution is 2.20. The maximum atomic E-state index is 11.2. The van der Waals surface area contributed by atoms with Crippen molar-refractivity contribution in [3.63, 3.8) is 0 Å². The van der Waals surface area contributed by atoms with Gasteiger partial charge < -0.3 is 5.32 Å². The molecule has 1 rings (SSSR count). The molecule has 5 nitrogen and oxygen atoms in total. The van der Waals surface area contributed by atoms with E-state index in [0.29, 0.717) is 25.6 Å². The predicted molar refractivity (Wildman–Crippen MR) is 57.8 cm³/mol. The molecule has 0 saturated carbocycles. The molecule has 0 radical (unpaired) electrons. The molecule has 88 valence electrons. The van der Waals surface area contributed by atoms with E-state index in [0.717, 1.165) is 12.8 Å². The highest BCUT2D eigenvalue weighted by atomic mass is 32.2. The van der Waals surface area contributed by atoms with Crippen molar-refractivity contribution in [2.75, 3.05) is 25.9 Å². The lowest BCUT2D eigenvalue weighted by molar-refractivity contribution is -0.118. The van der Waals surface area contributed by atoms with Crippen molar-refractivity contribution in [2.24, 2.45) is 5.92 Å². The smallest absolute Gasteiger partial charge is 0.216 e. The highest BCUT2D eigenvalue weighted by Gasteiger charge is 2.27. The summed E-state index contributed by atoms with van der Waals surface area (Å²) >= 11 is 0. The van der Waals surface area contributed by atoms with Gasteiger partial charge in [-0.3, -0.25) is 4.79 Å². The predicted octanol–water partition coefficient (Wildman–Crippen LogP) is -0.206. The second kappa shape index (κ2) is 4.94. The van der Waals surface area contributed by atoms with E-state index in [1.165, 1.54) is 17.5 Å². The van der Waals surface area contributed by atoms with Crippen LogP contribution in [0.4, 0.5) is 0 Å². The zero-order chi connectivity index (χ0) is 11.5. The van der Waals surface area contributed by atoms with E-state index in [1.807, 2.05) is 0 Å². The average molecular weight is 234 g/mol. The van der Waals surface area contributed by atoms with Gasteiger partial charge in [-0.1, -0.05) is 0 Å². The van der Waals surface area contributed by atoms with E-state index >= 15 is 0 Å². The van der Waals surface area contributed by atoms with E-state index in [-0.39, 0.29) is 5.91 Å². The lowest BCUT2D eigenvalue weighted by Crippen LogP contribution is -2.28. The number of sulfonamides is 1. The van der Waals surface area contributed by atoms with Crippen LogP contribution in [-0.2, 0) is 14.8 Å². The number of hydrogen-bond acceptors (Lipinski definition) is 3. The van der Waals surface area contributed by atoms with Gasteiger partial charge in [-0.05, 0) is 18.8 Å². The number of amides is 1. The Morgan fingerprint density at radius 1 is 1.53 bits per heavy atom. The van der Waals surface area contributed by atoms with Gasteiger partial charge in [0.05, 0.1) is 6.26 Å². The van der Waals surface area contributed by atoms with Crippen molar-refractivity contribution < 1.29 is 13.2 Å². The van der Waals surface area contributed by atoms with Crippen LogP contribution in [0.5, 0.6) is 0 Å². The Morgan fingerprint density at radius 3 is 2.67 bits per heavy atom. The molecule has 1 unspecified atom stereocenters. The Labute approximate surface area is 90.9 Å². The first-order chi connectivity index (χ1) is 6.89. The molecule has 0 bridgehead atoms. The Balaban J connectivity index is 2.28. The summed E-state index contributed by atoms with van der Waals surface area (Å²) in [5, 5.41) is 2.72. The Kier molecular flexibility index (Phi) is 4.10. The minimum absolute atomic E-state index is 0.0343. The SMILES string of the molecule is CC(=O)NCCC1CCN(S(C)(=O)=O)C1. The molecule has 1 atom stereocenters. The third-order valence-corrected chi connectivity index (χ3v) is 3.91. The summed E-state index contributed by atoms with van der Waals surface area (Å²) in [5.74, 6) is 0.347. The van der Waals surface area contributed by atoms with Crippen LogP contribution in [0.3, 0.4) is 0 Å². The number of nitrogens with one attached hydrogen (secondary N) is 1. The second-order valence-electron chi connectivity index (χ2n) is 4.05. The van der Waals surface area contributed by atoms with Gasteiger partial charge in [0.1, 0.15) is 0 Å². The molecule has 1 amide bonds.